The molecule has 6 heteroatoms. The highest BCUT2D eigenvalue weighted by atomic mass is 16.5. The van der Waals surface area contributed by atoms with Crippen molar-refractivity contribution in [3.8, 4) is 17.4 Å². The van der Waals surface area contributed by atoms with Crippen LogP contribution in [0.15, 0.2) is 30.3 Å². The van der Waals surface area contributed by atoms with Gasteiger partial charge in [-0.05, 0) is 18.6 Å². The predicted octanol–water partition coefficient (Wildman–Crippen LogP) is 2.52. The molecule has 1 aromatic heterocycles. The average molecular weight is 274 g/mol. The molecule has 2 aromatic rings. The Balaban J connectivity index is 2.30. The van der Waals surface area contributed by atoms with Crippen molar-refractivity contribution in [3.63, 3.8) is 0 Å². The zero-order valence-electron chi connectivity index (χ0n) is 11.6. The van der Waals surface area contributed by atoms with Crippen molar-refractivity contribution < 1.29 is 9.47 Å². The Hall–Kier alpha value is -2.34. The molecular weight excluding hydrogens is 256 g/mol. The Morgan fingerprint density at radius 3 is 2.60 bits per heavy atom. The third-order valence-electron chi connectivity index (χ3n) is 2.65. The predicted molar refractivity (Wildman–Crippen MR) is 76.9 cm³/mol. The number of hydrogen-bond acceptors (Lipinski definition) is 6. The van der Waals surface area contributed by atoms with E-state index in [4.69, 9.17) is 15.3 Å². The molecule has 0 atom stereocenters. The molecule has 1 aromatic carbocycles. The minimum atomic E-state index is 0.431. The summed E-state index contributed by atoms with van der Waals surface area (Å²) in [5, 5.41) is 0. The van der Waals surface area contributed by atoms with Crippen LogP contribution in [0.2, 0.25) is 0 Å². The Bertz CT molecular complexity index is 575. The zero-order chi connectivity index (χ0) is 14.4. The first-order valence-electron chi connectivity index (χ1n) is 6.42. The van der Waals surface area contributed by atoms with E-state index in [2.05, 4.69) is 22.3 Å². The van der Waals surface area contributed by atoms with Gasteiger partial charge in [-0.25, -0.2) is 10.8 Å². The third kappa shape index (κ3) is 3.36. The summed E-state index contributed by atoms with van der Waals surface area (Å²) in [6, 6.07) is 9.03. The fraction of sp³-hybridized carbons (Fsp3) is 0.286. The number of nitrogens with one attached hydrogen (secondary N) is 1. The lowest BCUT2D eigenvalue weighted by molar-refractivity contribution is 0.373. The van der Waals surface area contributed by atoms with Gasteiger partial charge in [0, 0.05) is 12.5 Å². The van der Waals surface area contributed by atoms with E-state index >= 15 is 0 Å². The molecule has 106 valence electrons. The minimum absolute atomic E-state index is 0.431. The highest BCUT2D eigenvalue weighted by Gasteiger charge is 2.08. The largest absolute Gasteiger partial charge is 0.493 e. The van der Waals surface area contributed by atoms with Gasteiger partial charge < -0.3 is 14.9 Å². The number of methoxy groups -OCH3 is 1. The first-order chi connectivity index (χ1) is 9.76. The molecule has 0 radical (unpaired) electrons. The topological polar surface area (TPSA) is 82.3 Å². The lowest BCUT2D eigenvalue weighted by atomic mass is 10.3. The number of nitrogens with zero attached hydrogens (tertiary/aromatic N) is 2. The molecular formula is C14H18N4O2. The second kappa shape index (κ2) is 6.72. The van der Waals surface area contributed by atoms with Gasteiger partial charge >= 0.3 is 0 Å². The number of rotatable bonds is 6. The van der Waals surface area contributed by atoms with Crippen LogP contribution in [0, 0.1) is 0 Å². The van der Waals surface area contributed by atoms with Crippen LogP contribution < -0.4 is 20.7 Å². The number of benzene rings is 1. The van der Waals surface area contributed by atoms with Crippen molar-refractivity contribution in [2.24, 2.45) is 5.84 Å². The van der Waals surface area contributed by atoms with Crippen LogP contribution in [-0.4, -0.2) is 17.1 Å². The van der Waals surface area contributed by atoms with E-state index in [1.54, 1.807) is 13.2 Å². The number of aryl methyl sites for hydroxylation is 1. The van der Waals surface area contributed by atoms with Gasteiger partial charge in [0.1, 0.15) is 11.6 Å². The molecule has 20 heavy (non-hydrogen) atoms. The first kappa shape index (κ1) is 14.1. The Morgan fingerprint density at radius 2 is 1.95 bits per heavy atom. The quantitative estimate of drug-likeness (QED) is 0.622. The van der Waals surface area contributed by atoms with Crippen molar-refractivity contribution in [1.29, 1.82) is 0 Å². The lowest BCUT2D eigenvalue weighted by Gasteiger charge is -2.11. The highest BCUT2D eigenvalue weighted by Crippen LogP contribution is 2.30. The molecule has 1 heterocycles. The molecule has 0 aliphatic rings. The van der Waals surface area contributed by atoms with Gasteiger partial charge in [0.2, 0.25) is 5.88 Å². The van der Waals surface area contributed by atoms with Crippen LogP contribution in [0.3, 0.4) is 0 Å². The van der Waals surface area contributed by atoms with E-state index in [1.807, 2.05) is 24.3 Å². The number of nitrogens with two attached hydrogens (primary N) is 1. The van der Waals surface area contributed by atoms with Gasteiger partial charge in [0.15, 0.2) is 11.5 Å². The summed E-state index contributed by atoms with van der Waals surface area (Å²) >= 11 is 0. The molecule has 6 nitrogen and oxygen atoms in total. The maximum atomic E-state index is 5.76. The number of aromatic nitrogens is 2. The van der Waals surface area contributed by atoms with E-state index < -0.39 is 0 Å². The van der Waals surface area contributed by atoms with Gasteiger partial charge in [-0.2, -0.15) is 4.98 Å². The molecule has 0 fully saturated rings. The van der Waals surface area contributed by atoms with Crippen LogP contribution >= 0.6 is 0 Å². The van der Waals surface area contributed by atoms with Gasteiger partial charge in [0.05, 0.1) is 7.11 Å². The summed E-state index contributed by atoms with van der Waals surface area (Å²) in [6.45, 7) is 2.06. The van der Waals surface area contributed by atoms with Gasteiger partial charge in [-0.15, -0.1) is 0 Å². The maximum absolute atomic E-state index is 5.76. The molecule has 0 saturated heterocycles. The Morgan fingerprint density at radius 1 is 1.20 bits per heavy atom. The number of anilines is 1. The van der Waals surface area contributed by atoms with Crippen LogP contribution in [0.4, 0.5) is 5.82 Å². The van der Waals surface area contributed by atoms with Gasteiger partial charge in [0.25, 0.3) is 0 Å². The summed E-state index contributed by atoms with van der Waals surface area (Å²) < 4.78 is 11.0. The molecule has 2 rings (SSSR count). The van der Waals surface area contributed by atoms with Crippen LogP contribution in [0.5, 0.6) is 17.4 Å². The molecule has 0 aliphatic heterocycles. The van der Waals surface area contributed by atoms with Crippen LogP contribution in [-0.2, 0) is 6.42 Å². The second-order valence-corrected chi connectivity index (χ2v) is 4.15. The fourth-order valence-electron chi connectivity index (χ4n) is 1.75. The summed E-state index contributed by atoms with van der Waals surface area (Å²) in [5.74, 6) is 8.29. The van der Waals surface area contributed by atoms with Crippen molar-refractivity contribution in [1.82, 2.24) is 9.97 Å². The molecule has 3 N–H and O–H groups in total. The van der Waals surface area contributed by atoms with E-state index in [1.165, 1.54) is 0 Å². The minimum Gasteiger partial charge on any atom is -0.493 e. The zero-order valence-corrected chi connectivity index (χ0v) is 11.6. The van der Waals surface area contributed by atoms with Gasteiger partial charge in [-0.3, -0.25) is 0 Å². The third-order valence-corrected chi connectivity index (χ3v) is 2.65. The summed E-state index contributed by atoms with van der Waals surface area (Å²) in [7, 11) is 1.59. The van der Waals surface area contributed by atoms with Crippen molar-refractivity contribution in [2.75, 3.05) is 12.5 Å². The standard InChI is InChI=1S/C14H18N4O2/c1-3-6-12-16-13(18-15)9-14(17-12)20-11-8-5-4-7-10(11)19-2/h4-5,7-9H,3,6,15H2,1-2H3,(H,16,17,18). The molecule has 0 unspecified atom stereocenters. The summed E-state index contributed by atoms with van der Waals surface area (Å²) in [5.41, 5.74) is 2.52. The Kier molecular flexibility index (Phi) is 4.73. The SMILES string of the molecule is CCCc1nc(NN)cc(Oc2ccccc2OC)n1. The van der Waals surface area contributed by atoms with Crippen molar-refractivity contribution in [2.45, 2.75) is 19.8 Å². The second-order valence-electron chi connectivity index (χ2n) is 4.15. The van der Waals surface area contributed by atoms with Crippen molar-refractivity contribution in [3.05, 3.63) is 36.2 Å². The smallest absolute Gasteiger partial charge is 0.224 e. The lowest BCUT2D eigenvalue weighted by Crippen LogP contribution is -2.11. The summed E-state index contributed by atoms with van der Waals surface area (Å²) in [6.07, 6.45) is 1.71. The average Bonchev–Trinajstić information content (AvgIpc) is 2.48. The molecule has 0 bridgehead atoms. The highest BCUT2D eigenvalue weighted by molar-refractivity contribution is 5.44. The van der Waals surface area contributed by atoms with E-state index in [0.717, 1.165) is 12.8 Å². The molecule has 0 saturated carbocycles. The fourth-order valence-corrected chi connectivity index (χ4v) is 1.75. The first-order valence-corrected chi connectivity index (χ1v) is 6.42. The van der Waals surface area contributed by atoms with E-state index in [0.29, 0.717) is 29.0 Å². The number of ether oxygens (including phenoxy) is 2. The van der Waals surface area contributed by atoms with Crippen LogP contribution in [0.25, 0.3) is 0 Å². The van der Waals surface area contributed by atoms with Crippen LogP contribution in [0.1, 0.15) is 19.2 Å². The van der Waals surface area contributed by atoms with Crippen molar-refractivity contribution >= 4 is 5.82 Å². The molecule has 0 spiro atoms. The van der Waals surface area contributed by atoms with Gasteiger partial charge in [-0.1, -0.05) is 19.1 Å². The van der Waals surface area contributed by atoms with E-state index in [9.17, 15) is 0 Å². The number of hydrazine groups is 1. The summed E-state index contributed by atoms with van der Waals surface area (Å²) in [4.78, 5) is 8.62. The Labute approximate surface area is 117 Å². The number of hydrogen-bond donors (Lipinski definition) is 2. The monoisotopic (exact) mass is 274 g/mol. The normalized spacial score (nSPS) is 10.2. The number of para-hydroxylation sites is 2. The number of nitrogen functional groups attached to an aromatic ring is 1. The molecule has 0 aliphatic carbocycles. The maximum Gasteiger partial charge on any atom is 0.224 e. The van der Waals surface area contributed by atoms with E-state index in [-0.39, 0.29) is 0 Å². The molecule has 0 amide bonds.